The number of carbonyl (C=O) groups is 1. The van der Waals surface area contributed by atoms with Crippen molar-refractivity contribution >= 4 is 62.2 Å². The lowest BCUT2D eigenvalue weighted by Gasteiger charge is -2.08. The molecule has 0 radical (unpaired) electrons. The van der Waals surface area contributed by atoms with Crippen LogP contribution in [0.2, 0.25) is 10.3 Å². The summed E-state index contributed by atoms with van der Waals surface area (Å²) in [7, 11) is 0. The van der Waals surface area contributed by atoms with Crippen LogP contribution < -0.4 is 5.32 Å². The average Bonchev–Trinajstić information content (AvgIpc) is 2.81. The molecule has 2 heterocycles. The molecule has 8 heteroatoms. The van der Waals surface area contributed by atoms with Gasteiger partial charge >= 0.3 is 5.97 Å². The van der Waals surface area contributed by atoms with E-state index in [1.165, 1.54) is 23.5 Å². The van der Waals surface area contributed by atoms with Gasteiger partial charge in [0.2, 0.25) is 5.28 Å². The fraction of sp³-hybridized carbons (Fsp3) is 0.0714. The average molecular weight is 354 g/mol. The first-order valence-electron chi connectivity index (χ1n) is 6.17. The van der Waals surface area contributed by atoms with E-state index in [-0.39, 0.29) is 15.9 Å². The zero-order chi connectivity index (χ0) is 15.9. The molecule has 3 aromatic rings. The minimum atomic E-state index is -1.09. The van der Waals surface area contributed by atoms with Crippen LogP contribution in [0.1, 0.15) is 15.2 Å². The van der Waals surface area contributed by atoms with Crippen LogP contribution in [-0.2, 0) is 0 Å². The van der Waals surface area contributed by atoms with Crippen molar-refractivity contribution in [3.63, 3.8) is 0 Å². The van der Waals surface area contributed by atoms with Crippen LogP contribution in [0.3, 0.4) is 0 Å². The summed E-state index contributed by atoms with van der Waals surface area (Å²) in [6, 6.07) is 6.60. The van der Waals surface area contributed by atoms with Gasteiger partial charge in [0, 0.05) is 10.6 Å². The van der Waals surface area contributed by atoms with Gasteiger partial charge in [-0.2, -0.15) is 4.98 Å². The zero-order valence-corrected chi connectivity index (χ0v) is 13.6. The quantitative estimate of drug-likeness (QED) is 0.664. The molecule has 1 aromatic carbocycles. The predicted molar refractivity (Wildman–Crippen MR) is 88.9 cm³/mol. The smallest absolute Gasteiger partial charge is 0.337 e. The fourth-order valence-electron chi connectivity index (χ4n) is 2.01. The van der Waals surface area contributed by atoms with Gasteiger partial charge in [-0.3, -0.25) is 0 Å². The van der Waals surface area contributed by atoms with Gasteiger partial charge in [0.05, 0.1) is 16.0 Å². The highest BCUT2D eigenvalue weighted by atomic mass is 35.5. The highest BCUT2D eigenvalue weighted by molar-refractivity contribution is 7.18. The van der Waals surface area contributed by atoms with E-state index >= 15 is 0 Å². The lowest BCUT2D eigenvalue weighted by atomic mass is 10.2. The van der Waals surface area contributed by atoms with Crippen LogP contribution in [-0.4, -0.2) is 21.0 Å². The Hall–Kier alpha value is -1.89. The second kappa shape index (κ2) is 5.72. The molecule has 0 unspecified atom stereocenters. The van der Waals surface area contributed by atoms with Crippen molar-refractivity contribution in [2.24, 2.45) is 0 Å². The Morgan fingerprint density at radius 3 is 2.77 bits per heavy atom. The third-order valence-electron chi connectivity index (χ3n) is 2.95. The number of carboxylic acids is 1. The maximum atomic E-state index is 11.1. The van der Waals surface area contributed by atoms with E-state index in [0.717, 1.165) is 15.1 Å². The molecule has 0 saturated carbocycles. The van der Waals surface area contributed by atoms with Gasteiger partial charge in [-0.25, -0.2) is 9.78 Å². The second-order valence-electron chi connectivity index (χ2n) is 4.54. The molecule has 112 valence electrons. The number of hydrogen-bond donors (Lipinski definition) is 2. The minimum Gasteiger partial charge on any atom is -0.478 e. The molecule has 0 aliphatic rings. The van der Waals surface area contributed by atoms with Crippen molar-refractivity contribution < 1.29 is 9.90 Å². The molecule has 0 fully saturated rings. The van der Waals surface area contributed by atoms with E-state index in [1.807, 2.05) is 13.0 Å². The van der Waals surface area contributed by atoms with Crippen LogP contribution >= 0.6 is 34.5 Å². The number of benzene rings is 1. The minimum absolute atomic E-state index is 0.0181. The molecule has 0 spiro atoms. The van der Waals surface area contributed by atoms with Crippen molar-refractivity contribution in [1.29, 1.82) is 0 Å². The number of aromatic nitrogens is 2. The summed E-state index contributed by atoms with van der Waals surface area (Å²) < 4.78 is 0. The molecule has 3 rings (SSSR count). The first-order valence-corrected chi connectivity index (χ1v) is 7.75. The summed E-state index contributed by atoms with van der Waals surface area (Å²) in [5, 5.41) is 13.3. The second-order valence-corrected chi connectivity index (χ2v) is 6.52. The topological polar surface area (TPSA) is 75.1 Å². The van der Waals surface area contributed by atoms with Crippen molar-refractivity contribution in [3.8, 4) is 0 Å². The van der Waals surface area contributed by atoms with Crippen LogP contribution in [0.4, 0.5) is 11.5 Å². The van der Waals surface area contributed by atoms with Crippen molar-refractivity contribution in [2.45, 2.75) is 6.92 Å². The van der Waals surface area contributed by atoms with E-state index in [9.17, 15) is 4.79 Å². The molecule has 0 aliphatic carbocycles. The van der Waals surface area contributed by atoms with Gasteiger partial charge in [-0.05, 0) is 42.8 Å². The Morgan fingerprint density at radius 1 is 1.27 bits per heavy atom. The summed E-state index contributed by atoms with van der Waals surface area (Å²) in [5.74, 6) is -0.566. The van der Waals surface area contributed by atoms with Crippen molar-refractivity contribution in [3.05, 3.63) is 45.0 Å². The first kappa shape index (κ1) is 15.0. The molecule has 0 atom stereocenters. The Bertz CT molecular complexity index is 895. The summed E-state index contributed by atoms with van der Waals surface area (Å²) in [4.78, 5) is 21.3. The monoisotopic (exact) mass is 353 g/mol. The molecular weight excluding hydrogens is 345 g/mol. The first-order chi connectivity index (χ1) is 10.4. The summed E-state index contributed by atoms with van der Waals surface area (Å²) in [5.41, 5.74) is 0.575. The number of halogens is 2. The molecule has 5 nitrogen and oxygen atoms in total. The molecule has 0 aliphatic heterocycles. The van der Waals surface area contributed by atoms with Gasteiger partial charge in [0.1, 0.15) is 10.6 Å². The number of anilines is 2. The molecule has 0 bridgehead atoms. The van der Waals surface area contributed by atoms with Gasteiger partial charge in [-0.15, -0.1) is 11.3 Å². The van der Waals surface area contributed by atoms with E-state index in [4.69, 9.17) is 28.3 Å². The largest absolute Gasteiger partial charge is 0.478 e. The van der Waals surface area contributed by atoms with Crippen LogP contribution in [0.15, 0.2) is 24.3 Å². The molecule has 0 saturated heterocycles. The SMILES string of the molecule is Cc1cc2c(Nc3ccc(Cl)c(C(=O)O)c3)nc(Cl)nc2s1. The number of thiophene rings is 1. The number of fused-ring (bicyclic) bond motifs is 1. The number of carboxylic acid groups (broad SMARTS) is 1. The standard InChI is InChI=1S/C14H9Cl2N3O2S/c1-6-4-9-11(18-14(16)19-12(9)22-6)17-7-2-3-10(15)8(5-7)13(20)21/h2-5H,1H3,(H,20,21)(H,17,18,19). The van der Waals surface area contributed by atoms with Gasteiger partial charge < -0.3 is 10.4 Å². The van der Waals surface area contributed by atoms with Crippen molar-refractivity contribution in [1.82, 2.24) is 9.97 Å². The highest BCUT2D eigenvalue weighted by Gasteiger charge is 2.13. The van der Waals surface area contributed by atoms with Crippen LogP contribution in [0.5, 0.6) is 0 Å². The Labute approximate surface area is 139 Å². The molecular formula is C14H9Cl2N3O2S. The number of nitrogens with zero attached hydrogens (tertiary/aromatic N) is 2. The van der Waals surface area contributed by atoms with Crippen molar-refractivity contribution in [2.75, 3.05) is 5.32 Å². The molecule has 2 aromatic heterocycles. The van der Waals surface area contributed by atoms with Gasteiger partial charge in [0.15, 0.2) is 0 Å². The van der Waals surface area contributed by atoms with Gasteiger partial charge in [-0.1, -0.05) is 11.6 Å². The summed E-state index contributed by atoms with van der Waals surface area (Å²) in [6.07, 6.45) is 0. The molecule has 2 N–H and O–H groups in total. The van der Waals surface area contributed by atoms with Gasteiger partial charge in [0.25, 0.3) is 0 Å². The van der Waals surface area contributed by atoms with E-state index < -0.39 is 5.97 Å². The number of nitrogens with one attached hydrogen (secondary N) is 1. The fourth-order valence-corrected chi connectivity index (χ4v) is 3.31. The molecule has 22 heavy (non-hydrogen) atoms. The Morgan fingerprint density at radius 2 is 2.05 bits per heavy atom. The number of hydrogen-bond acceptors (Lipinski definition) is 5. The maximum Gasteiger partial charge on any atom is 0.337 e. The normalized spacial score (nSPS) is 10.9. The lowest BCUT2D eigenvalue weighted by molar-refractivity contribution is 0.0697. The summed E-state index contributed by atoms with van der Waals surface area (Å²) in [6.45, 7) is 1.97. The summed E-state index contributed by atoms with van der Waals surface area (Å²) >= 11 is 13.3. The highest BCUT2D eigenvalue weighted by Crippen LogP contribution is 2.32. The van der Waals surface area contributed by atoms with Crippen LogP contribution in [0, 0.1) is 6.92 Å². The van der Waals surface area contributed by atoms with E-state index in [2.05, 4.69) is 15.3 Å². The third-order valence-corrected chi connectivity index (χ3v) is 4.39. The Balaban J connectivity index is 2.06. The molecule has 0 amide bonds. The lowest BCUT2D eigenvalue weighted by Crippen LogP contribution is -2.00. The maximum absolute atomic E-state index is 11.1. The number of rotatable bonds is 3. The zero-order valence-electron chi connectivity index (χ0n) is 11.2. The predicted octanol–water partition coefficient (Wildman–Crippen LogP) is 4.75. The third kappa shape index (κ3) is 2.85. The Kier molecular flexibility index (Phi) is 3.90. The van der Waals surface area contributed by atoms with Crippen LogP contribution in [0.25, 0.3) is 10.2 Å². The van der Waals surface area contributed by atoms with E-state index in [0.29, 0.717) is 11.5 Å². The van der Waals surface area contributed by atoms with E-state index in [1.54, 1.807) is 6.07 Å². The number of aromatic carboxylic acids is 1. The number of aryl methyl sites for hydroxylation is 1.